The van der Waals surface area contributed by atoms with E-state index in [4.69, 9.17) is 4.74 Å². The van der Waals surface area contributed by atoms with Crippen LogP contribution in [-0.2, 0) is 0 Å². The van der Waals surface area contributed by atoms with E-state index in [2.05, 4.69) is 5.32 Å². The van der Waals surface area contributed by atoms with Crippen molar-refractivity contribution in [3.8, 4) is 16.9 Å². The normalized spacial score (nSPS) is 19.7. The minimum atomic E-state index is -0.967. The largest absolute Gasteiger partial charge is 0.485 e. The summed E-state index contributed by atoms with van der Waals surface area (Å²) in [5.41, 5.74) is 2.12. The molecule has 4 rings (SSSR count). The number of carbonyl (C=O) groups excluding carboxylic acids is 1. The molecule has 1 heterocycles. The lowest BCUT2D eigenvalue weighted by Gasteiger charge is -2.42. The molecule has 1 unspecified atom stereocenters. The number of hydrogen-bond donors (Lipinski definition) is 2. The molecule has 0 radical (unpaired) electrons. The van der Waals surface area contributed by atoms with Gasteiger partial charge in [-0.2, -0.15) is 0 Å². The van der Waals surface area contributed by atoms with Crippen molar-refractivity contribution in [1.29, 1.82) is 0 Å². The Kier molecular flexibility index (Phi) is 4.84. The number of fused-ring (bicyclic) bond motifs is 1. The van der Waals surface area contributed by atoms with Gasteiger partial charge in [-0.25, -0.2) is 4.39 Å². The standard InChI is InChI=1S/C24H22FNO3/c1-24(2)22(27)21(26-23(28)16-8-11-18(25)12-9-16)19-14-17(10-13-20(19)29-24)15-6-4-3-5-7-15/h3-14,21-22,27H,1-2H3,(H,26,28)/t21?,22-/m0/s1. The first-order valence-electron chi connectivity index (χ1n) is 9.48. The Bertz CT molecular complexity index is 1030. The predicted molar refractivity (Wildman–Crippen MR) is 109 cm³/mol. The van der Waals surface area contributed by atoms with Crippen LogP contribution < -0.4 is 10.1 Å². The molecule has 1 amide bonds. The Morgan fingerprint density at radius 3 is 2.38 bits per heavy atom. The van der Waals surface area contributed by atoms with E-state index in [-0.39, 0.29) is 5.91 Å². The molecule has 148 valence electrons. The molecule has 2 N–H and O–H groups in total. The van der Waals surface area contributed by atoms with Crippen LogP contribution in [0.25, 0.3) is 11.1 Å². The molecule has 0 aromatic heterocycles. The van der Waals surface area contributed by atoms with Crippen LogP contribution in [-0.4, -0.2) is 22.7 Å². The van der Waals surface area contributed by atoms with Gasteiger partial charge in [-0.1, -0.05) is 36.4 Å². The summed E-state index contributed by atoms with van der Waals surface area (Å²) in [5.74, 6) is -0.182. The highest BCUT2D eigenvalue weighted by molar-refractivity contribution is 5.94. The zero-order valence-corrected chi connectivity index (χ0v) is 16.2. The average Bonchev–Trinajstić information content (AvgIpc) is 2.72. The van der Waals surface area contributed by atoms with Gasteiger partial charge in [0, 0.05) is 11.1 Å². The van der Waals surface area contributed by atoms with Crippen molar-refractivity contribution in [2.24, 2.45) is 0 Å². The van der Waals surface area contributed by atoms with E-state index < -0.39 is 23.6 Å². The Labute approximate surface area is 169 Å². The number of hydrogen-bond acceptors (Lipinski definition) is 3. The van der Waals surface area contributed by atoms with Gasteiger partial charge >= 0.3 is 0 Å². The SMILES string of the molecule is CC1(C)Oc2ccc(-c3ccccc3)cc2C(NC(=O)c2ccc(F)cc2)[C@@H]1O. The average molecular weight is 391 g/mol. The fourth-order valence-electron chi connectivity index (χ4n) is 3.59. The maximum atomic E-state index is 13.2. The van der Waals surface area contributed by atoms with Gasteiger partial charge in [-0.3, -0.25) is 4.79 Å². The van der Waals surface area contributed by atoms with Crippen molar-refractivity contribution in [3.63, 3.8) is 0 Å². The van der Waals surface area contributed by atoms with E-state index in [1.165, 1.54) is 24.3 Å². The quantitative estimate of drug-likeness (QED) is 0.691. The topological polar surface area (TPSA) is 58.6 Å². The van der Waals surface area contributed by atoms with Crippen LogP contribution in [0.4, 0.5) is 4.39 Å². The second-order valence-electron chi connectivity index (χ2n) is 7.73. The van der Waals surface area contributed by atoms with Crippen LogP contribution >= 0.6 is 0 Å². The Morgan fingerprint density at radius 1 is 1.00 bits per heavy atom. The summed E-state index contributed by atoms with van der Waals surface area (Å²) in [6, 6.07) is 20.2. The molecule has 1 aliphatic heterocycles. The minimum absolute atomic E-state index is 0.323. The Hall–Kier alpha value is -3.18. The Morgan fingerprint density at radius 2 is 1.69 bits per heavy atom. The molecule has 1 aliphatic rings. The van der Waals surface area contributed by atoms with Gasteiger partial charge in [0.25, 0.3) is 5.91 Å². The van der Waals surface area contributed by atoms with Crippen LogP contribution in [0.1, 0.15) is 35.8 Å². The first kappa shape index (κ1) is 19.2. The highest BCUT2D eigenvalue weighted by Crippen LogP contribution is 2.41. The molecule has 3 aromatic carbocycles. The van der Waals surface area contributed by atoms with E-state index in [1.807, 2.05) is 48.5 Å². The summed E-state index contributed by atoms with van der Waals surface area (Å²) >= 11 is 0. The van der Waals surface area contributed by atoms with Gasteiger partial charge in [0.05, 0.1) is 6.04 Å². The lowest BCUT2D eigenvalue weighted by Crippen LogP contribution is -2.53. The zero-order chi connectivity index (χ0) is 20.6. The van der Waals surface area contributed by atoms with Crippen molar-refractivity contribution >= 4 is 5.91 Å². The number of rotatable bonds is 3. The second kappa shape index (κ2) is 7.33. The summed E-state index contributed by atoms with van der Waals surface area (Å²) in [6.45, 7) is 3.56. The molecule has 0 aliphatic carbocycles. The monoisotopic (exact) mass is 391 g/mol. The number of aliphatic hydroxyl groups excluding tert-OH is 1. The first-order chi connectivity index (χ1) is 13.8. The smallest absolute Gasteiger partial charge is 0.251 e. The molecule has 4 nitrogen and oxygen atoms in total. The van der Waals surface area contributed by atoms with Crippen LogP contribution in [0, 0.1) is 5.82 Å². The minimum Gasteiger partial charge on any atom is -0.485 e. The van der Waals surface area contributed by atoms with E-state index >= 15 is 0 Å². The summed E-state index contributed by atoms with van der Waals surface area (Å²) in [4.78, 5) is 12.8. The lowest BCUT2D eigenvalue weighted by molar-refractivity contribution is -0.0627. The molecule has 0 saturated carbocycles. The van der Waals surface area contributed by atoms with Gasteiger partial charge in [-0.15, -0.1) is 0 Å². The summed E-state index contributed by atoms with van der Waals surface area (Å²) < 4.78 is 19.2. The van der Waals surface area contributed by atoms with Crippen LogP contribution in [0.15, 0.2) is 72.8 Å². The van der Waals surface area contributed by atoms with Crippen LogP contribution in [0.2, 0.25) is 0 Å². The zero-order valence-electron chi connectivity index (χ0n) is 16.2. The molecule has 3 aromatic rings. The van der Waals surface area contributed by atoms with E-state index in [9.17, 15) is 14.3 Å². The van der Waals surface area contributed by atoms with Crippen LogP contribution in [0.3, 0.4) is 0 Å². The highest BCUT2D eigenvalue weighted by Gasteiger charge is 2.43. The van der Waals surface area contributed by atoms with Crippen molar-refractivity contribution in [2.75, 3.05) is 0 Å². The van der Waals surface area contributed by atoms with Gasteiger partial charge in [-0.05, 0) is 61.4 Å². The van der Waals surface area contributed by atoms with Crippen molar-refractivity contribution < 1.29 is 19.0 Å². The highest BCUT2D eigenvalue weighted by atomic mass is 19.1. The second-order valence-corrected chi connectivity index (χ2v) is 7.73. The molecule has 5 heteroatoms. The fourth-order valence-corrected chi connectivity index (χ4v) is 3.59. The summed E-state index contributed by atoms with van der Waals surface area (Å²) in [5, 5.41) is 13.8. The third kappa shape index (κ3) is 3.74. The van der Waals surface area contributed by atoms with Gasteiger partial charge in [0.1, 0.15) is 23.3 Å². The molecular formula is C24H22FNO3. The van der Waals surface area contributed by atoms with Crippen LogP contribution in [0.5, 0.6) is 5.75 Å². The Balaban J connectivity index is 1.72. The van der Waals surface area contributed by atoms with Crippen molar-refractivity contribution in [1.82, 2.24) is 5.32 Å². The number of nitrogens with one attached hydrogen (secondary N) is 1. The van der Waals surface area contributed by atoms with E-state index in [0.29, 0.717) is 16.9 Å². The third-order valence-corrected chi connectivity index (χ3v) is 5.25. The summed E-state index contributed by atoms with van der Waals surface area (Å²) in [7, 11) is 0. The van der Waals surface area contributed by atoms with E-state index in [1.54, 1.807) is 13.8 Å². The molecule has 0 fully saturated rings. The molecule has 0 saturated heterocycles. The predicted octanol–water partition coefficient (Wildman–Crippen LogP) is 4.50. The molecule has 2 atom stereocenters. The number of ether oxygens (including phenoxy) is 1. The molecule has 29 heavy (non-hydrogen) atoms. The van der Waals surface area contributed by atoms with Gasteiger partial charge in [0.2, 0.25) is 0 Å². The third-order valence-electron chi connectivity index (χ3n) is 5.25. The number of aliphatic hydroxyl groups is 1. The van der Waals surface area contributed by atoms with Gasteiger partial charge < -0.3 is 15.2 Å². The van der Waals surface area contributed by atoms with Crippen molar-refractivity contribution in [3.05, 3.63) is 89.7 Å². The van der Waals surface area contributed by atoms with E-state index in [0.717, 1.165) is 11.1 Å². The molecular weight excluding hydrogens is 369 g/mol. The molecule has 0 bridgehead atoms. The summed E-state index contributed by atoms with van der Waals surface area (Å²) in [6.07, 6.45) is -0.967. The number of carbonyl (C=O) groups is 1. The maximum absolute atomic E-state index is 13.2. The number of benzene rings is 3. The number of amides is 1. The molecule has 0 spiro atoms. The lowest BCUT2D eigenvalue weighted by atomic mass is 9.85. The first-order valence-corrected chi connectivity index (χ1v) is 9.48. The van der Waals surface area contributed by atoms with Crippen molar-refractivity contribution in [2.45, 2.75) is 31.6 Å². The number of halogens is 1. The maximum Gasteiger partial charge on any atom is 0.251 e. The van der Waals surface area contributed by atoms with Gasteiger partial charge in [0.15, 0.2) is 0 Å². The fraction of sp³-hybridized carbons (Fsp3) is 0.208.